The molecule has 0 radical (unpaired) electrons. The first-order chi connectivity index (χ1) is 10.4. The van der Waals surface area contributed by atoms with Gasteiger partial charge in [-0.15, -0.1) is 0 Å². The Morgan fingerprint density at radius 1 is 0.909 bits per heavy atom. The molecular formula is C18H37BrO2Sn. The van der Waals surface area contributed by atoms with Gasteiger partial charge < -0.3 is 0 Å². The van der Waals surface area contributed by atoms with Crippen LogP contribution in [0, 0.1) is 0 Å². The van der Waals surface area contributed by atoms with Gasteiger partial charge in [0.1, 0.15) is 0 Å². The third-order valence-corrected chi connectivity index (χ3v) is 25.1. The molecule has 22 heavy (non-hydrogen) atoms. The summed E-state index contributed by atoms with van der Waals surface area (Å²) >= 11 is 1.64. The summed E-state index contributed by atoms with van der Waals surface area (Å²) < 4.78 is 17.0. The molecule has 0 saturated heterocycles. The fraction of sp³-hybridized carbons (Fsp3) is 0.889. The summed E-state index contributed by atoms with van der Waals surface area (Å²) in [7, 11) is 3.45. The van der Waals surface area contributed by atoms with Crippen molar-refractivity contribution in [3.05, 3.63) is 8.57 Å². The van der Waals surface area contributed by atoms with E-state index in [0.29, 0.717) is 0 Å². The molecule has 0 rings (SSSR count). The zero-order chi connectivity index (χ0) is 17.1. The normalized spacial score (nSPS) is 13.7. The van der Waals surface area contributed by atoms with Gasteiger partial charge in [-0.2, -0.15) is 0 Å². The summed E-state index contributed by atoms with van der Waals surface area (Å²) in [6.07, 6.45) is 10.2. The molecule has 0 unspecified atom stereocenters. The Kier molecular flexibility index (Phi) is 12.8. The zero-order valence-electron chi connectivity index (χ0n) is 15.6. The van der Waals surface area contributed by atoms with Gasteiger partial charge in [0.2, 0.25) is 0 Å². The van der Waals surface area contributed by atoms with E-state index in [1.807, 2.05) is 6.92 Å². The van der Waals surface area contributed by atoms with E-state index in [1.165, 1.54) is 54.3 Å². The molecule has 0 aliphatic rings. The van der Waals surface area contributed by atoms with Crippen LogP contribution in [0.15, 0.2) is 8.57 Å². The molecule has 0 heterocycles. The van der Waals surface area contributed by atoms with Crippen molar-refractivity contribution in [2.75, 3.05) is 14.2 Å². The van der Waals surface area contributed by atoms with E-state index in [0.717, 1.165) is 0 Å². The number of hydrogen-bond donors (Lipinski definition) is 0. The van der Waals surface area contributed by atoms with E-state index in [4.69, 9.17) is 9.47 Å². The molecule has 0 aliphatic heterocycles. The Labute approximate surface area is 151 Å². The third kappa shape index (κ3) is 7.67. The van der Waals surface area contributed by atoms with Gasteiger partial charge in [-0.3, -0.25) is 0 Å². The van der Waals surface area contributed by atoms with Gasteiger partial charge in [0.15, 0.2) is 0 Å². The average Bonchev–Trinajstić information content (AvgIpc) is 2.54. The molecule has 0 fully saturated rings. The molecule has 0 aromatic heterocycles. The van der Waals surface area contributed by atoms with Gasteiger partial charge in [0, 0.05) is 0 Å². The molecular weight excluding hydrogens is 447 g/mol. The summed E-state index contributed by atoms with van der Waals surface area (Å²) in [6, 6.07) is 0. The monoisotopic (exact) mass is 484 g/mol. The minimum absolute atomic E-state index is 0.606. The van der Waals surface area contributed by atoms with Gasteiger partial charge in [-0.1, -0.05) is 0 Å². The Morgan fingerprint density at radius 3 is 1.55 bits per heavy atom. The molecule has 0 atom stereocenters. The van der Waals surface area contributed by atoms with E-state index < -0.39 is 24.2 Å². The van der Waals surface area contributed by atoms with Crippen LogP contribution in [0.4, 0.5) is 0 Å². The van der Waals surface area contributed by atoms with Crippen molar-refractivity contribution >= 4 is 34.3 Å². The van der Waals surface area contributed by atoms with Crippen LogP contribution in [0.25, 0.3) is 0 Å². The van der Waals surface area contributed by atoms with Crippen LogP contribution in [0.3, 0.4) is 0 Å². The summed E-state index contributed by atoms with van der Waals surface area (Å²) in [4.78, 5) is 0. The second-order valence-electron chi connectivity index (χ2n) is 6.51. The Bertz CT molecular complexity index is 292. The predicted molar refractivity (Wildman–Crippen MR) is 104 cm³/mol. The summed E-state index contributed by atoms with van der Waals surface area (Å²) in [6.45, 7) is 8.93. The van der Waals surface area contributed by atoms with Crippen LogP contribution in [0.5, 0.6) is 0 Å². The molecule has 132 valence electrons. The molecule has 2 nitrogen and oxygen atoms in total. The summed E-state index contributed by atoms with van der Waals surface area (Å²) in [5, 5.41) is 0. The number of halogens is 1. The van der Waals surface area contributed by atoms with Gasteiger partial charge in [-0.25, -0.2) is 0 Å². The van der Waals surface area contributed by atoms with Crippen LogP contribution >= 0.6 is 15.9 Å². The van der Waals surface area contributed by atoms with Crippen molar-refractivity contribution in [1.82, 2.24) is 0 Å². The van der Waals surface area contributed by atoms with Crippen molar-refractivity contribution in [2.45, 2.75) is 85.3 Å². The quantitative estimate of drug-likeness (QED) is 0.215. The Hall–Kier alpha value is 0.939. The average molecular weight is 484 g/mol. The summed E-state index contributed by atoms with van der Waals surface area (Å²) in [5.74, 6) is -0.606. The van der Waals surface area contributed by atoms with Crippen LogP contribution in [0.2, 0.25) is 13.3 Å². The van der Waals surface area contributed by atoms with Gasteiger partial charge in [0.05, 0.1) is 0 Å². The Morgan fingerprint density at radius 2 is 1.27 bits per heavy atom. The minimum atomic E-state index is -2.37. The maximum absolute atomic E-state index is 5.57. The van der Waals surface area contributed by atoms with Crippen LogP contribution in [0.1, 0.15) is 66.2 Å². The van der Waals surface area contributed by atoms with E-state index >= 15 is 0 Å². The topological polar surface area (TPSA) is 18.5 Å². The zero-order valence-corrected chi connectivity index (χ0v) is 20.1. The third-order valence-electron chi connectivity index (χ3n) is 4.73. The molecule has 0 aromatic rings. The van der Waals surface area contributed by atoms with Crippen LogP contribution in [-0.4, -0.2) is 38.4 Å². The van der Waals surface area contributed by atoms with Crippen molar-refractivity contribution in [3.8, 4) is 0 Å². The van der Waals surface area contributed by atoms with Crippen molar-refractivity contribution in [1.29, 1.82) is 0 Å². The van der Waals surface area contributed by atoms with Gasteiger partial charge in [0.25, 0.3) is 0 Å². The van der Waals surface area contributed by atoms with Gasteiger partial charge in [-0.05, 0) is 0 Å². The Balaban J connectivity index is 5.49. The first kappa shape index (κ1) is 22.9. The van der Waals surface area contributed by atoms with Crippen LogP contribution < -0.4 is 0 Å². The van der Waals surface area contributed by atoms with Gasteiger partial charge >= 0.3 is 152 Å². The molecule has 0 bridgehead atoms. The number of rotatable bonds is 13. The number of methoxy groups -OCH3 is 2. The fourth-order valence-corrected chi connectivity index (χ4v) is 21.9. The molecule has 4 heteroatoms. The second kappa shape index (κ2) is 12.3. The van der Waals surface area contributed by atoms with E-state index in [1.54, 1.807) is 14.2 Å². The van der Waals surface area contributed by atoms with Crippen molar-refractivity contribution in [3.63, 3.8) is 0 Å². The number of ether oxygens (including phenoxy) is 2. The molecule has 0 aromatic carbocycles. The van der Waals surface area contributed by atoms with Crippen LogP contribution in [-0.2, 0) is 9.47 Å². The molecule has 0 N–H and O–H groups in total. The predicted octanol–water partition coefficient (Wildman–Crippen LogP) is 6.66. The number of unbranched alkanes of at least 4 members (excludes halogenated alkanes) is 3. The van der Waals surface area contributed by atoms with Crippen molar-refractivity contribution in [2.24, 2.45) is 0 Å². The summed E-state index contributed by atoms with van der Waals surface area (Å²) in [5.41, 5.74) is 0. The molecule has 0 saturated carbocycles. The molecule has 0 spiro atoms. The van der Waals surface area contributed by atoms with E-state index in [9.17, 15) is 0 Å². The number of hydrogen-bond acceptors (Lipinski definition) is 2. The van der Waals surface area contributed by atoms with Crippen molar-refractivity contribution < 1.29 is 9.47 Å². The first-order valence-corrected chi connectivity index (χ1v) is 17.2. The standard InChI is InChI=1S/C6H10BrO2.3C4H9.Sn/c1-6(8-2,9-3)4-5-7;3*1-3-4-2;/h4H,1-3H3;3*1,3-4H2,2H3;. The second-order valence-corrected chi connectivity index (χ2v) is 22.6. The molecule has 0 amide bonds. The first-order valence-electron chi connectivity index (χ1n) is 8.92. The molecule has 0 aliphatic carbocycles. The SMILES string of the molecule is CCC[CH2][Sn]([CH2]CCC)([CH2]CCC)/[C](Br)=C\C(C)(OC)OC. The fourth-order valence-electron chi connectivity index (χ4n) is 2.86. The maximum atomic E-state index is 5.57. The van der Waals surface area contributed by atoms with E-state index in [-0.39, 0.29) is 0 Å². The van der Waals surface area contributed by atoms with E-state index in [2.05, 4.69) is 42.8 Å².